The van der Waals surface area contributed by atoms with Crippen LogP contribution in [0.1, 0.15) is 22.3 Å². The number of nitrogens with zero attached hydrogens (tertiary/aromatic N) is 4. The molecule has 0 heterocycles. The Balaban J connectivity index is -0.000000235. The minimum absolute atomic E-state index is 0. The molecule has 0 N–H and O–H groups in total. The van der Waals surface area contributed by atoms with Crippen molar-refractivity contribution in [3.63, 3.8) is 0 Å². The third-order valence-electron chi connectivity index (χ3n) is 3.89. The predicted molar refractivity (Wildman–Crippen MR) is 207 cm³/mol. The van der Waals surface area contributed by atoms with Gasteiger partial charge < -0.3 is 66.2 Å². The van der Waals surface area contributed by atoms with E-state index in [0.717, 1.165) is 26.2 Å². The summed E-state index contributed by atoms with van der Waals surface area (Å²) < 4.78 is 0. The summed E-state index contributed by atoms with van der Waals surface area (Å²) in [7, 11) is 24.5. The Hall–Kier alpha value is 3.55. The van der Waals surface area contributed by atoms with Gasteiger partial charge in [0, 0.05) is 26.2 Å². The van der Waals surface area contributed by atoms with Crippen LogP contribution in [0.4, 0.5) is 0 Å². The van der Waals surface area contributed by atoms with Gasteiger partial charge in [-0.2, -0.15) is 0 Å². The van der Waals surface area contributed by atoms with Crippen LogP contribution in [0.5, 0.6) is 0 Å². The van der Waals surface area contributed by atoms with Crippen molar-refractivity contribution in [3.8, 4) is 0 Å². The fourth-order valence-corrected chi connectivity index (χ4v) is 8.38. The van der Waals surface area contributed by atoms with Gasteiger partial charge >= 0.3 is 52.4 Å². The Morgan fingerprint density at radius 1 is 0.475 bits per heavy atom. The van der Waals surface area contributed by atoms with Gasteiger partial charge in [-0.25, -0.2) is 0 Å². The molecule has 0 unspecified atom stereocenters. The van der Waals surface area contributed by atoms with E-state index in [1.54, 1.807) is 0 Å². The molecular weight excluding hydrogens is 1080 g/mol. The number of rotatable bonds is 12. The molecule has 0 aliphatic heterocycles. The first-order valence-electron chi connectivity index (χ1n) is 11.1. The molecule has 0 amide bonds. The van der Waals surface area contributed by atoms with E-state index in [4.69, 9.17) is 0 Å². The van der Waals surface area contributed by atoms with Crippen molar-refractivity contribution in [2.45, 2.75) is 26.2 Å². The molecule has 2 rings (SSSR count). The molecule has 2 aromatic rings. The molecule has 8 radical (unpaired) electrons. The maximum atomic E-state index is 4.44. The summed E-state index contributed by atoms with van der Waals surface area (Å²) in [5.74, 6) is 0. The van der Waals surface area contributed by atoms with Crippen molar-refractivity contribution in [1.29, 1.82) is 0 Å². The fraction of sp³-hybridized carbons (Fsp3) is 0.500. The molecule has 0 bridgehead atoms. The number of hydrogen-bond acceptors (Lipinski definition) is 14. The first kappa shape index (κ1) is 50.4. The summed E-state index contributed by atoms with van der Waals surface area (Å²) in [5, 5.41) is 0. The third-order valence-corrected chi connectivity index (χ3v) is 12.8. The second-order valence-electron chi connectivity index (χ2n) is 8.76. The van der Waals surface area contributed by atoms with E-state index >= 15 is 0 Å². The smallest absolute Gasteiger partial charge is 0.706 e. The fourth-order valence-electron chi connectivity index (χ4n) is 2.89. The maximum absolute atomic E-state index is 4.44. The zero-order valence-corrected chi connectivity index (χ0v) is 39.2. The SMILES string of the molecule is CN(C)Cc1[c]c(CN(C)C)ccc1.CN(C)Cc1[c]c(CN(C)C)ccc1.[Bi+2].[Bi+2].[S-]SSS[S-].[S-]SSS[S-]. The molecule has 0 saturated heterocycles. The van der Waals surface area contributed by atoms with Crippen LogP contribution in [0.25, 0.3) is 0 Å². The molecule has 0 aliphatic carbocycles. The molecule has 0 aromatic heterocycles. The molecule has 16 heteroatoms. The van der Waals surface area contributed by atoms with Gasteiger partial charge in [0.1, 0.15) is 0 Å². The van der Waals surface area contributed by atoms with Crippen LogP contribution in [0, 0.1) is 12.1 Å². The number of hydrogen-bond donors (Lipinski definition) is 0. The Morgan fingerprint density at radius 3 is 0.800 bits per heavy atom. The van der Waals surface area contributed by atoms with Crippen molar-refractivity contribution in [3.05, 3.63) is 70.8 Å². The minimum Gasteiger partial charge on any atom is -0.706 e. The number of benzene rings is 2. The largest absolute Gasteiger partial charge is 2.00 e. The Labute approximate surface area is 326 Å². The van der Waals surface area contributed by atoms with Crippen LogP contribution < -0.4 is 0 Å². The topological polar surface area (TPSA) is 13.0 Å². The monoisotopic (exact) mass is 1120 g/mol. The molecular formula is C24H38Bi2N4S10. The average molecular weight is 1120 g/mol. The predicted octanol–water partition coefficient (Wildman–Crippen LogP) is 6.34. The van der Waals surface area contributed by atoms with Crippen LogP contribution in [0.2, 0.25) is 0 Å². The Bertz CT molecular complexity index is 690. The average Bonchev–Trinajstić information content (AvgIpc) is 2.80. The van der Waals surface area contributed by atoms with Crippen molar-refractivity contribution in [1.82, 2.24) is 19.6 Å². The minimum atomic E-state index is 0. The van der Waals surface area contributed by atoms with E-state index < -0.39 is 0 Å². The van der Waals surface area contributed by atoms with E-state index in [9.17, 15) is 0 Å². The zero-order chi connectivity index (χ0) is 29.3. The molecule has 4 nitrogen and oxygen atoms in total. The van der Waals surface area contributed by atoms with Crippen molar-refractivity contribution >= 4 is 158 Å². The van der Waals surface area contributed by atoms with Crippen LogP contribution in [-0.4, -0.2) is 128 Å². The molecule has 40 heavy (non-hydrogen) atoms. The standard InChI is InChI=1S/2C12H19N2.2Bi.2H2S5/c2*1-13(2)9-11-6-5-7-12(8-11)10-14(3)4;;;2*1-3-5-4-2/h2*5-7H,9-10H2,1-4H3;;;2*1-2H/q;;2*+2;;/p-4. The van der Waals surface area contributed by atoms with Gasteiger partial charge in [-0.05, 0) is 90.8 Å². The molecule has 0 aliphatic rings. The van der Waals surface area contributed by atoms with E-state index in [-0.39, 0.29) is 52.4 Å². The van der Waals surface area contributed by atoms with Crippen LogP contribution in [0.3, 0.4) is 0 Å². The first-order chi connectivity index (χ1) is 18.0. The van der Waals surface area contributed by atoms with E-state index in [2.05, 4.69) is 171 Å². The van der Waals surface area contributed by atoms with Gasteiger partial charge in [0.25, 0.3) is 0 Å². The van der Waals surface area contributed by atoms with Crippen LogP contribution in [0.15, 0.2) is 36.4 Å². The van der Waals surface area contributed by atoms with Crippen molar-refractivity contribution < 1.29 is 0 Å². The molecule has 2 aromatic carbocycles. The summed E-state index contributed by atoms with van der Waals surface area (Å²) >= 11 is 17.8. The Kier molecular flexibility index (Phi) is 44.6. The van der Waals surface area contributed by atoms with E-state index in [1.165, 1.54) is 81.2 Å². The quantitative estimate of drug-likeness (QED) is 0.134. The summed E-state index contributed by atoms with van der Waals surface area (Å²) in [4.78, 5) is 8.63. The van der Waals surface area contributed by atoms with Crippen molar-refractivity contribution in [2.24, 2.45) is 0 Å². The van der Waals surface area contributed by atoms with Gasteiger partial charge in [0.05, 0.1) is 0 Å². The molecule has 0 fully saturated rings. The molecule has 0 spiro atoms. The van der Waals surface area contributed by atoms with E-state index in [0.29, 0.717) is 0 Å². The normalized spacial score (nSPS) is 10.0. The molecule has 224 valence electrons. The van der Waals surface area contributed by atoms with Crippen LogP contribution in [-0.2, 0) is 72.8 Å². The van der Waals surface area contributed by atoms with Gasteiger partial charge in [-0.3, -0.25) is 39.3 Å². The molecule has 0 atom stereocenters. The third kappa shape index (κ3) is 36.0. The second kappa shape index (κ2) is 35.4. The van der Waals surface area contributed by atoms with Gasteiger partial charge in [0.2, 0.25) is 0 Å². The van der Waals surface area contributed by atoms with Gasteiger partial charge in [-0.15, -0.1) is 0 Å². The van der Waals surface area contributed by atoms with Crippen LogP contribution >= 0.6 is 59.0 Å². The zero-order valence-electron chi connectivity index (χ0n) is 24.1. The van der Waals surface area contributed by atoms with Gasteiger partial charge in [0.15, 0.2) is 0 Å². The summed E-state index contributed by atoms with van der Waals surface area (Å²) in [6.07, 6.45) is 0. The maximum Gasteiger partial charge on any atom is 2.00 e. The summed E-state index contributed by atoms with van der Waals surface area (Å²) in [6, 6.07) is 19.6. The summed E-state index contributed by atoms with van der Waals surface area (Å²) in [5.41, 5.74) is 5.03. The van der Waals surface area contributed by atoms with E-state index in [1.807, 2.05) is 0 Å². The van der Waals surface area contributed by atoms with Gasteiger partial charge in [-0.1, -0.05) is 56.1 Å². The Morgan fingerprint density at radius 2 is 0.675 bits per heavy atom. The summed E-state index contributed by atoms with van der Waals surface area (Å²) in [6.45, 7) is 3.84. The first-order valence-corrected chi connectivity index (χ1v) is 21.7. The van der Waals surface area contributed by atoms with Crippen molar-refractivity contribution in [2.75, 3.05) is 56.4 Å². The second-order valence-corrected chi connectivity index (χ2v) is 19.4. The molecule has 0 saturated carbocycles.